The van der Waals surface area contributed by atoms with Crippen LogP contribution in [-0.4, -0.2) is 6.29 Å². The van der Waals surface area contributed by atoms with Crippen LogP contribution in [0.1, 0.15) is 15.9 Å². The van der Waals surface area contributed by atoms with E-state index in [1.54, 1.807) is 6.07 Å². The molecule has 0 radical (unpaired) electrons. The summed E-state index contributed by atoms with van der Waals surface area (Å²) in [4.78, 5) is 10.8. The van der Waals surface area contributed by atoms with Gasteiger partial charge >= 0.3 is 0 Å². The third kappa shape index (κ3) is 4.23. The molecule has 0 aromatic heterocycles. The molecule has 3 aromatic rings. The molecular formula is C18H17Cl2NO. The Bertz CT molecular complexity index is 759. The third-order valence-corrected chi connectivity index (χ3v) is 3.33. The number of anilines is 1. The topological polar surface area (TPSA) is 29.1 Å². The summed E-state index contributed by atoms with van der Waals surface area (Å²) in [5.74, 6) is 0. The van der Waals surface area contributed by atoms with Crippen molar-refractivity contribution in [2.75, 3.05) is 5.32 Å². The summed E-state index contributed by atoms with van der Waals surface area (Å²) in [5, 5.41) is 5.83. The monoisotopic (exact) mass is 333 g/mol. The molecule has 0 heterocycles. The molecular weight excluding hydrogens is 317 g/mol. The molecule has 0 spiro atoms. The predicted octanol–water partition coefficient (Wildman–Crippen LogP) is 5.11. The number of hydrogen-bond donors (Lipinski definition) is 1. The van der Waals surface area contributed by atoms with Crippen molar-refractivity contribution in [1.82, 2.24) is 0 Å². The molecule has 0 aliphatic rings. The maximum atomic E-state index is 10.8. The van der Waals surface area contributed by atoms with Gasteiger partial charge in [0.1, 0.15) is 6.29 Å². The average molecular weight is 334 g/mol. The summed E-state index contributed by atoms with van der Waals surface area (Å²) in [5.41, 5.74) is 2.87. The van der Waals surface area contributed by atoms with Crippen LogP contribution >= 0.6 is 24.8 Å². The van der Waals surface area contributed by atoms with Gasteiger partial charge in [0.15, 0.2) is 0 Å². The van der Waals surface area contributed by atoms with Gasteiger partial charge in [0.2, 0.25) is 0 Å². The largest absolute Gasteiger partial charge is 0.381 e. The van der Waals surface area contributed by atoms with Gasteiger partial charge in [-0.25, -0.2) is 0 Å². The number of aldehydes is 1. The number of nitrogens with one attached hydrogen (secondary N) is 1. The van der Waals surface area contributed by atoms with Crippen molar-refractivity contribution >= 4 is 47.6 Å². The van der Waals surface area contributed by atoms with Crippen LogP contribution in [0.15, 0.2) is 66.7 Å². The number of benzene rings is 3. The standard InChI is InChI=1S/C18H15NO.2ClH/c20-13-15-4-3-7-18(11-15)19-12-14-8-9-16-5-1-2-6-17(16)10-14;;/h1-11,13,19H,12H2;2*1H. The fourth-order valence-electron chi connectivity index (χ4n) is 2.27. The first-order chi connectivity index (χ1) is 9.85. The van der Waals surface area contributed by atoms with Crippen molar-refractivity contribution in [3.8, 4) is 0 Å². The lowest BCUT2D eigenvalue weighted by atomic mass is 10.1. The quantitative estimate of drug-likeness (QED) is 0.672. The number of hydrogen-bond acceptors (Lipinski definition) is 2. The van der Waals surface area contributed by atoms with E-state index in [0.29, 0.717) is 5.56 Å². The van der Waals surface area contributed by atoms with Gasteiger partial charge in [0.25, 0.3) is 0 Å². The number of halogens is 2. The molecule has 1 N–H and O–H groups in total. The van der Waals surface area contributed by atoms with Crippen molar-refractivity contribution in [2.24, 2.45) is 0 Å². The molecule has 4 heteroatoms. The summed E-state index contributed by atoms with van der Waals surface area (Å²) in [7, 11) is 0. The molecule has 0 aliphatic heterocycles. The zero-order valence-electron chi connectivity index (χ0n) is 11.9. The molecule has 0 amide bonds. The van der Waals surface area contributed by atoms with Gasteiger partial charge in [-0.2, -0.15) is 0 Å². The fourth-order valence-corrected chi connectivity index (χ4v) is 2.27. The number of carbonyl (C=O) groups is 1. The number of rotatable bonds is 4. The predicted molar refractivity (Wildman–Crippen MR) is 97.6 cm³/mol. The Morgan fingerprint density at radius 2 is 1.59 bits per heavy atom. The SMILES string of the molecule is Cl.Cl.O=Cc1cccc(NCc2ccc3ccccc3c2)c1. The van der Waals surface area contributed by atoms with Crippen molar-refractivity contribution in [3.63, 3.8) is 0 Å². The molecule has 0 fully saturated rings. The van der Waals surface area contributed by atoms with Crippen LogP contribution in [0, 0.1) is 0 Å². The van der Waals surface area contributed by atoms with E-state index in [-0.39, 0.29) is 24.8 Å². The van der Waals surface area contributed by atoms with Gasteiger partial charge in [0.05, 0.1) is 0 Å². The van der Waals surface area contributed by atoms with E-state index in [0.717, 1.165) is 18.5 Å². The zero-order valence-corrected chi connectivity index (χ0v) is 13.5. The maximum Gasteiger partial charge on any atom is 0.150 e. The van der Waals surface area contributed by atoms with Gasteiger partial charge < -0.3 is 5.32 Å². The van der Waals surface area contributed by atoms with Gasteiger partial charge in [0, 0.05) is 17.8 Å². The van der Waals surface area contributed by atoms with Crippen LogP contribution in [-0.2, 0) is 6.54 Å². The molecule has 114 valence electrons. The number of carbonyl (C=O) groups excluding carboxylic acids is 1. The lowest BCUT2D eigenvalue weighted by Crippen LogP contribution is -1.99. The van der Waals surface area contributed by atoms with Crippen LogP contribution in [0.5, 0.6) is 0 Å². The van der Waals surface area contributed by atoms with E-state index in [1.165, 1.54) is 16.3 Å². The molecule has 3 aromatic carbocycles. The second-order valence-corrected chi connectivity index (χ2v) is 4.78. The van der Waals surface area contributed by atoms with Crippen LogP contribution in [0.25, 0.3) is 10.8 Å². The summed E-state index contributed by atoms with van der Waals surface area (Å²) in [6.45, 7) is 0.743. The summed E-state index contributed by atoms with van der Waals surface area (Å²) < 4.78 is 0. The first kappa shape index (κ1) is 18.0. The molecule has 0 atom stereocenters. The van der Waals surface area contributed by atoms with E-state index < -0.39 is 0 Å². The smallest absolute Gasteiger partial charge is 0.150 e. The highest BCUT2D eigenvalue weighted by atomic mass is 35.5. The van der Waals surface area contributed by atoms with Crippen molar-refractivity contribution in [3.05, 3.63) is 77.9 Å². The van der Waals surface area contributed by atoms with E-state index >= 15 is 0 Å². The Hall–Kier alpha value is -2.03. The summed E-state index contributed by atoms with van der Waals surface area (Å²) >= 11 is 0. The van der Waals surface area contributed by atoms with Crippen LogP contribution in [0.2, 0.25) is 0 Å². The molecule has 0 saturated heterocycles. The molecule has 0 aliphatic carbocycles. The van der Waals surface area contributed by atoms with Crippen molar-refractivity contribution in [2.45, 2.75) is 6.54 Å². The van der Waals surface area contributed by atoms with E-state index in [4.69, 9.17) is 0 Å². The second kappa shape index (κ2) is 8.42. The highest BCUT2D eigenvalue weighted by molar-refractivity contribution is 5.85. The van der Waals surface area contributed by atoms with Crippen molar-refractivity contribution < 1.29 is 4.79 Å². The molecule has 3 rings (SSSR count). The van der Waals surface area contributed by atoms with E-state index in [9.17, 15) is 4.79 Å². The Labute approximate surface area is 142 Å². The van der Waals surface area contributed by atoms with Gasteiger partial charge in [-0.15, -0.1) is 24.8 Å². The van der Waals surface area contributed by atoms with Crippen molar-refractivity contribution in [1.29, 1.82) is 0 Å². The Balaban J connectivity index is 0.00000121. The summed E-state index contributed by atoms with van der Waals surface area (Å²) in [6.07, 6.45) is 0.862. The van der Waals surface area contributed by atoms with Crippen LogP contribution in [0.4, 0.5) is 5.69 Å². The minimum absolute atomic E-state index is 0. The summed E-state index contributed by atoms with van der Waals surface area (Å²) in [6, 6.07) is 22.3. The minimum atomic E-state index is 0. The maximum absolute atomic E-state index is 10.8. The van der Waals surface area contributed by atoms with Crippen LogP contribution in [0.3, 0.4) is 0 Å². The van der Waals surface area contributed by atoms with E-state index in [2.05, 4.69) is 35.6 Å². The van der Waals surface area contributed by atoms with Gasteiger partial charge in [-0.1, -0.05) is 48.5 Å². The highest BCUT2D eigenvalue weighted by Gasteiger charge is 1.98. The lowest BCUT2D eigenvalue weighted by molar-refractivity contribution is 0.112. The molecule has 0 unspecified atom stereocenters. The fraction of sp³-hybridized carbons (Fsp3) is 0.0556. The first-order valence-corrected chi connectivity index (χ1v) is 6.62. The minimum Gasteiger partial charge on any atom is -0.381 e. The Morgan fingerprint density at radius 3 is 2.36 bits per heavy atom. The molecule has 2 nitrogen and oxygen atoms in total. The normalized spacial score (nSPS) is 9.45. The molecule has 22 heavy (non-hydrogen) atoms. The third-order valence-electron chi connectivity index (χ3n) is 3.33. The lowest BCUT2D eigenvalue weighted by Gasteiger charge is -2.08. The van der Waals surface area contributed by atoms with Gasteiger partial charge in [-0.05, 0) is 34.5 Å². The number of fused-ring (bicyclic) bond motifs is 1. The van der Waals surface area contributed by atoms with E-state index in [1.807, 2.05) is 30.3 Å². The van der Waals surface area contributed by atoms with Crippen LogP contribution < -0.4 is 5.32 Å². The Kier molecular flexibility index (Phi) is 6.90. The zero-order chi connectivity index (χ0) is 13.8. The first-order valence-electron chi connectivity index (χ1n) is 6.62. The molecule has 0 bridgehead atoms. The molecule has 0 saturated carbocycles. The highest BCUT2D eigenvalue weighted by Crippen LogP contribution is 2.17. The van der Waals surface area contributed by atoms with Gasteiger partial charge in [-0.3, -0.25) is 4.79 Å². The Morgan fingerprint density at radius 1 is 0.818 bits per heavy atom. The average Bonchev–Trinajstić information content (AvgIpc) is 2.53. The second-order valence-electron chi connectivity index (χ2n) is 4.78.